The van der Waals surface area contributed by atoms with Gasteiger partial charge >= 0.3 is 0 Å². The number of hydrogen-bond donors (Lipinski definition) is 0. The molecule has 0 spiro atoms. The monoisotopic (exact) mass is 282 g/mol. The lowest BCUT2D eigenvalue weighted by Crippen LogP contribution is -2.10. The minimum absolute atomic E-state index is 0.994. The van der Waals surface area contributed by atoms with Crippen molar-refractivity contribution in [2.75, 3.05) is 38.0 Å². The van der Waals surface area contributed by atoms with Gasteiger partial charge in [0.05, 0.1) is 0 Å². The number of rotatable bonds is 4. The normalized spacial score (nSPS) is 10.6. The smallest absolute Gasteiger partial charge is 0.0390 e. The zero-order valence-corrected chi connectivity index (χ0v) is 14.1. The molecule has 0 saturated carbocycles. The predicted octanol–water partition coefficient (Wildman–Crippen LogP) is 4.03. The number of anilines is 2. The average molecular weight is 282 g/mol. The van der Waals surface area contributed by atoms with Crippen LogP contribution in [0.15, 0.2) is 36.4 Å². The third-order valence-electron chi connectivity index (χ3n) is 3.98. The minimum atomic E-state index is 0.994. The van der Waals surface area contributed by atoms with E-state index < -0.39 is 0 Å². The Morgan fingerprint density at radius 1 is 0.762 bits per heavy atom. The van der Waals surface area contributed by atoms with Crippen LogP contribution in [0.4, 0.5) is 11.4 Å². The Kier molecular flexibility index (Phi) is 4.56. The van der Waals surface area contributed by atoms with E-state index >= 15 is 0 Å². The zero-order chi connectivity index (χ0) is 15.6. The standard InChI is InChI=1S/C19H26N2/c1-14-12-18(20(3)4)9-8-17(14)13-16-7-10-19(21(5)6)15(2)11-16/h7-12H,13H2,1-6H3. The lowest BCUT2D eigenvalue weighted by atomic mass is 9.98. The molecule has 2 heteroatoms. The van der Waals surface area contributed by atoms with Crippen molar-refractivity contribution in [2.45, 2.75) is 20.3 Å². The van der Waals surface area contributed by atoms with Crippen LogP contribution in [-0.4, -0.2) is 28.2 Å². The second-order valence-corrected chi connectivity index (χ2v) is 6.20. The summed E-state index contributed by atoms with van der Waals surface area (Å²) in [5.41, 5.74) is 8.01. The maximum Gasteiger partial charge on any atom is 0.0390 e. The van der Waals surface area contributed by atoms with Gasteiger partial charge in [-0.2, -0.15) is 0 Å². The Morgan fingerprint density at radius 3 is 2.00 bits per heavy atom. The van der Waals surface area contributed by atoms with Crippen LogP contribution in [0.25, 0.3) is 0 Å². The van der Waals surface area contributed by atoms with Crippen molar-refractivity contribution in [2.24, 2.45) is 0 Å². The number of nitrogens with zero attached hydrogens (tertiary/aromatic N) is 2. The summed E-state index contributed by atoms with van der Waals surface area (Å²) >= 11 is 0. The molecule has 2 nitrogen and oxygen atoms in total. The highest BCUT2D eigenvalue weighted by molar-refractivity contribution is 5.55. The van der Waals surface area contributed by atoms with E-state index in [1.54, 1.807) is 0 Å². The summed E-state index contributed by atoms with van der Waals surface area (Å²) in [6, 6.07) is 13.5. The first kappa shape index (κ1) is 15.4. The van der Waals surface area contributed by atoms with Crippen molar-refractivity contribution in [1.29, 1.82) is 0 Å². The highest BCUT2D eigenvalue weighted by atomic mass is 15.1. The molecule has 0 saturated heterocycles. The molecule has 0 amide bonds. The summed E-state index contributed by atoms with van der Waals surface area (Å²) in [6.07, 6.45) is 0.994. The van der Waals surface area contributed by atoms with Crippen LogP contribution in [0.3, 0.4) is 0 Å². The van der Waals surface area contributed by atoms with E-state index in [0.717, 1.165) is 6.42 Å². The molecule has 0 radical (unpaired) electrons. The van der Waals surface area contributed by atoms with Crippen molar-refractivity contribution in [3.63, 3.8) is 0 Å². The molecule has 112 valence electrons. The van der Waals surface area contributed by atoms with Crippen molar-refractivity contribution in [3.05, 3.63) is 58.7 Å². The molecule has 0 fully saturated rings. The van der Waals surface area contributed by atoms with E-state index in [9.17, 15) is 0 Å². The first-order valence-corrected chi connectivity index (χ1v) is 7.42. The maximum atomic E-state index is 2.30. The van der Waals surface area contributed by atoms with Gasteiger partial charge in [-0.3, -0.25) is 0 Å². The molecule has 0 unspecified atom stereocenters. The van der Waals surface area contributed by atoms with Crippen molar-refractivity contribution in [3.8, 4) is 0 Å². The highest BCUT2D eigenvalue weighted by Gasteiger charge is 2.06. The topological polar surface area (TPSA) is 6.48 Å². The second-order valence-electron chi connectivity index (χ2n) is 6.20. The Bertz CT molecular complexity index is 627. The van der Waals surface area contributed by atoms with Crippen LogP contribution in [-0.2, 0) is 6.42 Å². The van der Waals surface area contributed by atoms with Gasteiger partial charge in [-0.15, -0.1) is 0 Å². The van der Waals surface area contributed by atoms with Crippen molar-refractivity contribution in [1.82, 2.24) is 0 Å². The molecule has 0 bridgehead atoms. The summed E-state index contributed by atoms with van der Waals surface area (Å²) in [5.74, 6) is 0. The van der Waals surface area contributed by atoms with Crippen LogP contribution in [0, 0.1) is 13.8 Å². The molecule has 0 aliphatic carbocycles. The highest BCUT2D eigenvalue weighted by Crippen LogP contribution is 2.23. The van der Waals surface area contributed by atoms with Gasteiger partial charge in [0.1, 0.15) is 0 Å². The maximum absolute atomic E-state index is 2.30. The van der Waals surface area contributed by atoms with Gasteiger partial charge in [-0.05, 0) is 60.7 Å². The third kappa shape index (κ3) is 3.57. The van der Waals surface area contributed by atoms with Gasteiger partial charge in [-0.1, -0.05) is 18.2 Å². The van der Waals surface area contributed by atoms with Crippen molar-refractivity contribution >= 4 is 11.4 Å². The Hall–Kier alpha value is -1.96. The fraction of sp³-hybridized carbons (Fsp3) is 0.368. The summed E-state index contributed by atoms with van der Waals surface area (Å²) in [5, 5.41) is 0. The Labute approximate surface area is 129 Å². The number of aryl methyl sites for hydroxylation is 2. The van der Waals surface area contributed by atoms with Crippen LogP contribution in [0.1, 0.15) is 22.3 Å². The van der Waals surface area contributed by atoms with Gasteiger partial charge in [-0.25, -0.2) is 0 Å². The Morgan fingerprint density at radius 2 is 1.48 bits per heavy atom. The lowest BCUT2D eigenvalue weighted by Gasteiger charge is -2.17. The molecule has 0 atom stereocenters. The predicted molar refractivity (Wildman–Crippen MR) is 93.8 cm³/mol. The molecule has 0 N–H and O–H groups in total. The molecule has 0 aliphatic rings. The summed E-state index contributed by atoms with van der Waals surface area (Å²) < 4.78 is 0. The summed E-state index contributed by atoms with van der Waals surface area (Å²) in [4.78, 5) is 4.31. The molecule has 2 aromatic rings. The van der Waals surface area contributed by atoms with Gasteiger partial charge in [0, 0.05) is 39.6 Å². The largest absolute Gasteiger partial charge is 0.378 e. The fourth-order valence-electron chi connectivity index (χ4n) is 2.71. The zero-order valence-electron chi connectivity index (χ0n) is 14.1. The van der Waals surface area contributed by atoms with Gasteiger partial charge in [0.25, 0.3) is 0 Å². The number of benzene rings is 2. The molecule has 0 aromatic heterocycles. The number of hydrogen-bond acceptors (Lipinski definition) is 2. The molecule has 21 heavy (non-hydrogen) atoms. The molecule has 0 heterocycles. The second kappa shape index (κ2) is 6.21. The molecular formula is C19H26N2. The Balaban J connectivity index is 2.24. The van der Waals surface area contributed by atoms with Crippen LogP contribution < -0.4 is 9.80 Å². The van der Waals surface area contributed by atoms with Crippen molar-refractivity contribution < 1.29 is 0 Å². The summed E-state index contributed by atoms with van der Waals surface area (Å²) in [7, 11) is 8.34. The lowest BCUT2D eigenvalue weighted by molar-refractivity contribution is 1.09. The quantitative estimate of drug-likeness (QED) is 0.835. The SMILES string of the molecule is Cc1cc(N(C)C)ccc1Cc1ccc(N(C)C)c(C)c1. The molecule has 2 aromatic carbocycles. The van der Waals surface area contributed by atoms with Crippen LogP contribution in [0.5, 0.6) is 0 Å². The average Bonchev–Trinajstić information content (AvgIpc) is 2.40. The van der Waals surface area contributed by atoms with Gasteiger partial charge in [0.2, 0.25) is 0 Å². The van der Waals surface area contributed by atoms with Crippen LogP contribution >= 0.6 is 0 Å². The van der Waals surface area contributed by atoms with E-state index in [4.69, 9.17) is 0 Å². The minimum Gasteiger partial charge on any atom is -0.378 e. The van der Waals surface area contributed by atoms with E-state index in [0.29, 0.717) is 0 Å². The van der Waals surface area contributed by atoms with E-state index in [2.05, 4.69) is 88.2 Å². The fourth-order valence-corrected chi connectivity index (χ4v) is 2.71. The molecular weight excluding hydrogens is 256 g/mol. The first-order valence-electron chi connectivity index (χ1n) is 7.42. The third-order valence-corrected chi connectivity index (χ3v) is 3.98. The van der Waals surface area contributed by atoms with Gasteiger partial charge < -0.3 is 9.80 Å². The van der Waals surface area contributed by atoms with E-state index in [1.807, 2.05) is 0 Å². The van der Waals surface area contributed by atoms with E-state index in [-0.39, 0.29) is 0 Å². The first-order chi connectivity index (χ1) is 9.88. The van der Waals surface area contributed by atoms with E-state index in [1.165, 1.54) is 33.6 Å². The van der Waals surface area contributed by atoms with Crippen LogP contribution in [0.2, 0.25) is 0 Å². The van der Waals surface area contributed by atoms with Gasteiger partial charge in [0.15, 0.2) is 0 Å². The summed E-state index contributed by atoms with van der Waals surface area (Å²) in [6.45, 7) is 4.38. The molecule has 2 rings (SSSR count). The molecule has 0 aliphatic heterocycles.